The molecule has 1 aliphatic rings. The van der Waals surface area contributed by atoms with Gasteiger partial charge in [-0.3, -0.25) is 9.59 Å². The lowest BCUT2D eigenvalue weighted by Gasteiger charge is -2.38. The number of nitrogens with one attached hydrogen (secondary N) is 2. The highest BCUT2D eigenvalue weighted by Gasteiger charge is 2.37. The van der Waals surface area contributed by atoms with Gasteiger partial charge in [0.2, 0.25) is 11.8 Å². The molecule has 0 spiro atoms. The van der Waals surface area contributed by atoms with Gasteiger partial charge in [-0.15, -0.1) is 0 Å². The van der Waals surface area contributed by atoms with Gasteiger partial charge in [0, 0.05) is 13.1 Å². The molecule has 1 unspecified atom stereocenters. The van der Waals surface area contributed by atoms with Crippen LogP contribution in [0.25, 0.3) is 0 Å². The second kappa shape index (κ2) is 4.82. The molecule has 1 saturated heterocycles. The predicted molar refractivity (Wildman–Crippen MR) is 61.9 cm³/mol. The van der Waals surface area contributed by atoms with Gasteiger partial charge in [-0.25, -0.2) is 0 Å². The number of carbonyl (C=O) groups is 2. The highest BCUT2D eigenvalue weighted by atomic mass is 16.2. The van der Waals surface area contributed by atoms with Crippen LogP contribution in [0.3, 0.4) is 0 Å². The van der Waals surface area contributed by atoms with E-state index in [0.717, 1.165) is 6.54 Å². The Balaban J connectivity index is 2.76. The molecule has 0 saturated carbocycles. The highest BCUT2D eigenvalue weighted by molar-refractivity contribution is 5.92. The van der Waals surface area contributed by atoms with Crippen LogP contribution in [0, 0.1) is 0 Å². The summed E-state index contributed by atoms with van der Waals surface area (Å²) in [4.78, 5) is 25.4. The van der Waals surface area contributed by atoms with Gasteiger partial charge >= 0.3 is 0 Å². The average Bonchev–Trinajstić information content (AvgIpc) is 2.21. The number of piperazine rings is 1. The van der Waals surface area contributed by atoms with E-state index in [0.29, 0.717) is 13.1 Å². The Morgan fingerprint density at radius 1 is 1.62 bits per heavy atom. The molecule has 1 rings (SSSR count). The molecular weight excluding hydrogens is 206 g/mol. The summed E-state index contributed by atoms with van der Waals surface area (Å²) in [6.07, 6.45) is 0. The van der Waals surface area contributed by atoms with Gasteiger partial charge in [0.25, 0.3) is 0 Å². The zero-order valence-corrected chi connectivity index (χ0v) is 10.5. The van der Waals surface area contributed by atoms with Crippen molar-refractivity contribution in [3.63, 3.8) is 0 Å². The maximum atomic E-state index is 12.2. The Bertz CT molecular complexity index is 289. The first-order chi connectivity index (χ1) is 7.40. The van der Waals surface area contributed by atoms with Crippen molar-refractivity contribution < 1.29 is 9.59 Å². The summed E-state index contributed by atoms with van der Waals surface area (Å²) in [5.74, 6) is -0.0939. The van der Waals surface area contributed by atoms with Crippen LogP contribution in [0.4, 0.5) is 0 Å². The van der Waals surface area contributed by atoms with E-state index in [1.54, 1.807) is 11.8 Å². The predicted octanol–water partition coefficient (Wildman–Crippen LogP) is -0.279. The van der Waals surface area contributed by atoms with Crippen molar-refractivity contribution in [1.82, 2.24) is 15.5 Å². The molecule has 5 heteroatoms. The van der Waals surface area contributed by atoms with E-state index in [2.05, 4.69) is 10.6 Å². The maximum absolute atomic E-state index is 12.2. The highest BCUT2D eigenvalue weighted by Crippen LogP contribution is 2.13. The van der Waals surface area contributed by atoms with Crippen molar-refractivity contribution in [3.8, 4) is 0 Å². The van der Waals surface area contributed by atoms with Crippen molar-refractivity contribution in [3.05, 3.63) is 0 Å². The Kier molecular flexibility index (Phi) is 3.91. The Morgan fingerprint density at radius 3 is 2.81 bits per heavy atom. The summed E-state index contributed by atoms with van der Waals surface area (Å²) in [6.45, 7) is 9.26. The quantitative estimate of drug-likeness (QED) is 0.697. The fourth-order valence-electron chi connectivity index (χ4n) is 1.94. The van der Waals surface area contributed by atoms with Crippen LogP contribution in [-0.4, -0.2) is 47.9 Å². The van der Waals surface area contributed by atoms with E-state index in [1.165, 1.54) is 0 Å². The first-order valence-corrected chi connectivity index (χ1v) is 5.74. The number of likely N-dealkylation sites (N-methyl/N-ethyl adjacent to an activating group) is 1. The van der Waals surface area contributed by atoms with Gasteiger partial charge in [-0.2, -0.15) is 0 Å². The lowest BCUT2D eigenvalue weighted by Crippen LogP contribution is -2.62. The van der Waals surface area contributed by atoms with E-state index in [4.69, 9.17) is 0 Å². The minimum absolute atomic E-state index is 0.0169. The summed E-state index contributed by atoms with van der Waals surface area (Å²) in [5, 5.41) is 5.88. The monoisotopic (exact) mass is 227 g/mol. The number of rotatable bonds is 3. The van der Waals surface area contributed by atoms with Crippen LogP contribution in [0.5, 0.6) is 0 Å². The lowest BCUT2D eigenvalue weighted by atomic mass is 10.0. The van der Waals surface area contributed by atoms with Crippen LogP contribution in [0.15, 0.2) is 0 Å². The van der Waals surface area contributed by atoms with Crippen LogP contribution in [-0.2, 0) is 9.59 Å². The molecule has 0 aliphatic carbocycles. The van der Waals surface area contributed by atoms with Crippen molar-refractivity contribution in [2.75, 3.05) is 19.6 Å². The molecule has 92 valence electrons. The molecule has 1 aliphatic heterocycles. The molecular formula is C11H21N3O2. The van der Waals surface area contributed by atoms with E-state index in [1.807, 2.05) is 20.8 Å². The summed E-state index contributed by atoms with van der Waals surface area (Å²) in [5.41, 5.74) is -0.610. The van der Waals surface area contributed by atoms with E-state index in [9.17, 15) is 9.59 Å². The molecule has 16 heavy (non-hydrogen) atoms. The van der Waals surface area contributed by atoms with Gasteiger partial charge in [0.15, 0.2) is 0 Å². The smallest absolute Gasteiger partial charge is 0.243 e. The largest absolute Gasteiger partial charge is 0.353 e. The van der Waals surface area contributed by atoms with Gasteiger partial charge < -0.3 is 15.5 Å². The van der Waals surface area contributed by atoms with Crippen LogP contribution >= 0.6 is 0 Å². The lowest BCUT2D eigenvalue weighted by molar-refractivity contribution is -0.146. The van der Waals surface area contributed by atoms with Gasteiger partial charge in [0.1, 0.15) is 6.04 Å². The first kappa shape index (κ1) is 13.0. The fraction of sp³-hybridized carbons (Fsp3) is 0.818. The standard InChI is InChI=1S/C11H21N3O2/c1-5-13-11(3,4)10(16)14-7-6-12-9(15)8(14)2/h8,13H,5-7H2,1-4H3,(H,12,15). The van der Waals surface area contributed by atoms with Crippen molar-refractivity contribution >= 4 is 11.8 Å². The van der Waals surface area contributed by atoms with Gasteiger partial charge in [-0.05, 0) is 27.3 Å². The third-order valence-electron chi connectivity index (χ3n) is 2.91. The minimum atomic E-state index is -0.610. The normalized spacial score (nSPS) is 21.9. The average molecular weight is 227 g/mol. The Hall–Kier alpha value is -1.10. The van der Waals surface area contributed by atoms with Crippen molar-refractivity contribution in [1.29, 1.82) is 0 Å². The topological polar surface area (TPSA) is 61.4 Å². The van der Waals surface area contributed by atoms with Crippen molar-refractivity contribution in [2.24, 2.45) is 0 Å². The second-order valence-electron chi connectivity index (χ2n) is 4.62. The summed E-state index contributed by atoms with van der Waals surface area (Å²) < 4.78 is 0. The number of nitrogens with zero attached hydrogens (tertiary/aromatic N) is 1. The summed E-state index contributed by atoms with van der Waals surface area (Å²) in [7, 11) is 0. The molecule has 0 bridgehead atoms. The van der Waals surface area contributed by atoms with Gasteiger partial charge in [0.05, 0.1) is 5.54 Å². The number of hydrogen-bond donors (Lipinski definition) is 2. The van der Waals surface area contributed by atoms with E-state index >= 15 is 0 Å². The molecule has 0 aromatic heterocycles. The third-order valence-corrected chi connectivity index (χ3v) is 2.91. The van der Waals surface area contributed by atoms with Gasteiger partial charge in [-0.1, -0.05) is 6.92 Å². The molecule has 2 N–H and O–H groups in total. The Morgan fingerprint density at radius 2 is 2.25 bits per heavy atom. The molecule has 2 amide bonds. The second-order valence-corrected chi connectivity index (χ2v) is 4.62. The van der Waals surface area contributed by atoms with Crippen LogP contribution in [0.1, 0.15) is 27.7 Å². The fourth-order valence-corrected chi connectivity index (χ4v) is 1.94. The minimum Gasteiger partial charge on any atom is -0.353 e. The molecule has 1 heterocycles. The molecule has 1 fully saturated rings. The van der Waals surface area contributed by atoms with Crippen LogP contribution < -0.4 is 10.6 Å². The third kappa shape index (κ3) is 2.52. The zero-order chi connectivity index (χ0) is 12.3. The summed E-state index contributed by atoms with van der Waals surface area (Å²) >= 11 is 0. The van der Waals surface area contributed by atoms with E-state index < -0.39 is 5.54 Å². The van der Waals surface area contributed by atoms with Crippen LogP contribution in [0.2, 0.25) is 0 Å². The molecule has 1 atom stereocenters. The molecule has 0 aromatic rings. The van der Waals surface area contributed by atoms with Crippen molar-refractivity contribution in [2.45, 2.75) is 39.3 Å². The first-order valence-electron chi connectivity index (χ1n) is 5.74. The number of amides is 2. The molecule has 0 aromatic carbocycles. The number of hydrogen-bond acceptors (Lipinski definition) is 3. The zero-order valence-electron chi connectivity index (χ0n) is 10.5. The Labute approximate surface area is 96.6 Å². The SMILES string of the molecule is CCNC(C)(C)C(=O)N1CCNC(=O)C1C. The molecule has 0 radical (unpaired) electrons. The summed E-state index contributed by atoms with van der Waals surface area (Å²) in [6, 6.07) is -0.376. The maximum Gasteiger partial charge on any atom is 0.243 e. The number of carbonyl (C=O) groups excluding carboxylic acids is 2. The van der Waals surface area contributed by atoms with E-state index in [-0.39, 0.29) is 17.9 Å². The molecule has 5 nitrogen and oxygen atoms in total.